The number of sulfonamides is 1. The number of hydrogen-bond acceptors (Lipinski definition) is 4. The molecule has 1 fully saturated rings. The lowest BCUT2D eigenvalue weighted by atomic mass is 10.0. The molecule has 0 spiro atoms. The third kappa shape index (κ3) is 5.05. The monoisotopic (exact) mass is 311 g/mol. The summed E-state index contributed by atoms with van der Waals surface area (Å²) in [4.78, 5) is 4.36. The standard InChI is InChI=1S/C15H25N3O2S/c1-13-6-5-8-15(17-13)12-18(2)21(19,20)11-9-14-7-3-4-10-16-14/h5-6,8,14,16H,3-4,7,9-12H2,1-2H3. The van der Waals surface area contributed by atoms with E-state index in [2.05, 4.69) is 10.3 Å². The van der Waals surface area contributed by atoms with Crippen molar-refractivity contribution in [1.82, 2.24) is 14.6 Å². The summed E-state index contributed by atoms with van der Waals surface area (Å²) in [6.07, 6.45) is 4.16. The molecule has 2 rings (SSSR count). The molecule has 1 aliphatic rings. The Bertz CT molecular complexity index is 554. The predicted molar refractivity (Wildman–Crippen MR) is 84.5 cm³/mol. The second kappa shape index (κ2) is 7.33. The van der Waals surface area contributed by atoms with Crippen molar-refractivity contribution in [3.05, 3.63) is 29.6 Å². The van der Waals surface area contributed by atoms with Crippen molar-refractivity contribution in [3.63, 3.8) is 0 Å². The van der Waals surface area contributed by atoms with Gasteiger partial charge in [-0.2, -0.15) is 4.31 Å². The highest BCUT2D eigenvalue weighted by Crippen LogP contribution is 2.13. The van der Waals surface area contributed by atoms with Gasteiger partial charge in [-0.05, 0) is 44.9 Å². The molecule has 0 bridgehead atoms. The van der Waals surface area contributed by atoms with Gasteiger partial charge < -0.3 is 5.32 Å². The minimum atomic E-state index is -3.22. The molecule has 118 valence electrons. The van der Waals surface area contributed by atoms with Gasteiger partial charge in [0, 0.05) is 18.8 Å². The number of nitrogens with one attached hydrogen (secondary N) is 1. The minimum absolute atomic E-state index is 0.201. The Hall–Kier alpha value is -0.980. The van der Waals surface area contributed by atoms with Gasteiger partial charge in [-0.25, -0.2) is 8.42 Å². The quantitative estimate of drug-likeness (QED) is 0.868. The molecular weight excluding hydrogens is 286 g/mol. The molecule has 0 aromatic carbocycles. The Balaban J connectivity index is 1.88. The van der Waals surface area contributed by atoms with Crippen molar-refractivity contribution in [2.75, 3.05) is 19.3 Å². The van der Waals surface area contributed by atoms with Gasteiger partial charge in [0.25, 0.3) is 0 Å². The lowest BCUT2D eigenvalue weighted by molar-refractivity contribution is 0.388. The van der Waals surface area contributed by atoms with Crippen molar-refractivity contribution < 1.29 is 8.42 Å². The first-order valence-corrected chi connectivity index (χ1v) is 9.18. The van der Waals surface area contributed by atoms with Gasteiger partial charge in [0.2, 0.25) is 10.0 Å². The number of hydrogen-bond donors (Lipinski definition) is 1. The zero-order valence-corrected chi connectivity index (χ0v) is 13.7. The Morgan fingerprint density at radius 1 is 1.38 bits per heavy atom. The van der Waals surface area contributed by atoms with E-state index >= 15 is 0 Å². The van der Waals surface area contributed by atoms with Crippen molar-refractivity contribution >= 4 is 10.0 Å². The van der Waals surface area contributed by atoms with E-state index in [0.29, 0.717) is 19.0 Å². The average molecular weight is 311 g/mol. The smallest absolute Gasteiger partial charge is 0.214 e. The second-order valence-electron chi connectivity index (χ2n) is 5.78. The first-order valence-electron chi connectivity index (χ1n) is 7.57. The first kappa shape index (κ1) is 16.4. The first-order chi connectivity index (χ1) is 9.97. The molecule has 0 amide bonds. The Morgan fingerprint density at radius 3 is 2.86 bits per heavy atom. The van der Waals surface area contributed by atoms with Crippen LogP contribution in [0.1, 0.15) is 37.1 Å². The fraction of sp³-hybridized carbons (Fsp3) is 0.667. The summed E-state index contributed by atoms with van der Waals surface area (Å²) in [6, 6.07) is 6.03. The highest BCUT2D eigenvalue weighted by molar-refractivity contribution is 7.89. The highest BCUT2D eigenvalue weighted by Gasteiger charge is 2.21. The summed E-state index contributed by atoms with van der Waals surface area (Å²) in [5.41, 5.74) is 1.70. The molecule has 1 saturated heterocycles. The molecule has 1 aromatic rings. The van der Waals surface area contributed by atoms with E-state index < -0.39 is 10.0 Å². The van der Waals surface area contributed by atoms with E-state index in [9.17, 15) is 8.42 Å². The van der Waals surface area contributed by atoms with Gasteiger partial charge in [-0.3, -0.25) is 4.98 Å². The highest BCUT2D eigenvalue weighted by atomic mass is 32.2. The lowest BCUT2D eigenvalue weighted by Gasteiger charge is -2.24. The van der Waals surface area contributed by atoms with Crippen LogP contribution in [-0.4, -0.2) is 43.1 Å². The van der Waals surface area contributed by atoms with Gasteiger partial charge >= 0.3 is 0 Å². The molecule has 2 heterocycles. The van der Waals surface area contributed by atoms with E-state index in [1.807, 2.05) is 25.1 Å². The van der Waals surface area contributed by atoms with Crippen molar-refractivity contribution in [2.24, 2.45) is 0 Å². The zero-order chi connectivity index (χ0) is 15.3. The average Bonchev–Trinajstić information content (AvgIpc) is 2.46. The van der Waals surface area contributed by atoms with Crippen LogP contribution >= 0.6 is 0 Å². The zero-order valence-electron chi connectivity index (χ0n) is 12.9. The van der Waals surface area contributed by atoms with Gasteiger partial charge in [-0.1, -0.05) is 12.5 Å². The fourth-order valence-corrected chi connectivity index (χ4v) is 3.85. The maximum absolute atomic E-state index is 12.3. The van der Waals surface area contributed by atoms with Crippen LogP contribution in [0.3, 0.4) is 0 Å². The molecule has 1 aromatic heterocycles. The summed E-state index contributed by atoms with van der Waals surface area (Å²) in [7, 11) is -1.58. The molecule has 5 nitrogen and oxygen atoms in total. The number of rotatable bonds is 6. The predicted octanol–water partition coefficient (Wildman–Crippen LogP) is 1.68. The maximum Gasteiger partial charge on any atom is 0.214 e. The molecule has 0 aliphatic carbocycles. The van der Waals surface area contributed by atoms with Crippen molar-refractivity contribution in [2.45, 2.75) is 45.2 Å². The second-order valence-corrected chi connectivity index (χ2v) is 7.97. The molecule has 6 heteroatoms. The summed E-state index contributed by atoms with van der Waals surface area (Å²) < 4.78 is 26.1. The van der Waals surface area contributed by atoms with Gasteiger partial charge in [0.15, 0.2) is 0 Å². The van der Waals surface area contributed by atoms with E-state index in [4.69, 9.17) is 0 Å². The topological polar surface area (TPSA) is 62.3 Å². The molecule has 1 aliphatic heterocycles. The Labute approximate surface area is 127 Å². The number of piperidine rings is 1. The Kier molecular flexibility index (Phi) is 5.72. The molecule has 0 radical (unpaired) electrons. The third-order valence-corrected chi connectivity index (χ3v) is 5.77. The van der Waals surface area contributed by atoms with Crippen molar-refractivity contribution in [3.8, 4) is 0 Å². The van der Waals surface area contributed by atoms with Crippen molar-refractivity contribution in [1.29, 1.82) is 0 Å². The molecule has 0 saturated carbocycles. The summed E-state index contributed by atoms with van der Waals surface area (Å²) in [5, 5.41) is 3.39. The number of nitrogens with zero attached hydrogens (tertiary/aromatic N) is 2. The Morgan fingerprint density at radius 2 is 2.19 bits per heavy atom. The number of pyridine rings is 1. The van der Waals surface area contributed by atoms with E-state index in [1.54, 1.807) is 7.05 Å². The van der Waals surface area contributed by atoms with Crippen LogP contribution in [0.5, 0.6) is 0 Å². The van der Waals surface area contributed by atoms with Crippen LogP contribution in [0, 0.1) is 6.92 Å². The van der Waals surface area contributed by atoms with Crippen LogP contribution < -0.4 is 5.32 Å². The summed E-state index contributed by atoms with van der Waals surface area (Å²) in [5.74, 6) is 0.201. The number of aromatic nitrogens is 1. The van der Waals surface area contributed by atoms with Crippen LogP contribution in [0.4, 0.5) is 0 Å². The fourth-order valence-electron chi connectivity index (χ4n) is 2.63. The lowest BCUT2D eigenvalue weighted by Crippen LogP contribution is -2.37. The normalized spacial score (nSPS) is 19.9. The van der Waals surface area contributed by atoms with Gasteiger partial charge in [0.05, 0.1) is 18.0 Å². The van der Waals surface area contributed by atoms with Crippen LogP contribution in [0.2, 0.25) is 0 Å². The van der Waals surface area contributed by atoms with Gasteiger partial charge in [-0.15, -0.1) is 0 Å². The number of aryl methyl sites for hydroxylation is 1. The van der Waals surface area contributed by atoms with Crippen LogP contribution in [-0.2, 0) is 16.6 Å². The van der Waals surface area contributed by atoms with E-state index in [-0.39, 0.29) is 5.75 Å². The third-order valence-electron chi connectivity index (χ3n) is 3.94. The summed E-state index contributed by atoms with van der Waals surface area (Å²) >= 11 is 0. The van der Waals surface area contributed by atoms with E-state index in [0.717, 1.165) is 24.4 Å². The molecule has 21 heavy (non-hydrogen) atoms. The molecular formula is C15H25N3O2S. The summed E-state index contributed by atoms with van der Waals surface area (Å²) in [6.45, 7) is 3.25. The van der Waals surface area contributed by atoms with E-state index in [1.165, 1.54) is 17.1 Å². The molecule has 1 atom stereocenters. The van der Waals surface area contributed by atoms with Crippen LogP contribution in [0.25, 0.3) is 0 Å². The minimum Gasteiger partial charge on any atom is -0.314 e. The van der Waals surface area contributed by atoms with Gasteiger partial charge in [0.1, 0.15) is 0 Å². The largest absolute Gasteiger partial charge is 0.314 e. The van der Waals surface area contributed by atoms with Crippen LogP contribution in [0.15, 0.2) is 18.2 Å². The SMILES string of the molecule is Cc1cccc(CN(C)S(=O)(=O)CCC2CCCCN2)n1. The molecule has 1 unspecified atom stereocenters. The maximum atomic E-state index is 12.3. The molecule has 1 N–H and O–H groups in total.